The van der Waals surface area contributed by atoms with Gasteiger partial charge in [-0.15, -0.1) is 0 Å². The molecule has 0 saturated heterocycles. The van der Waals surface area contributed by atoms with Crippen molar-refractivity contribution in [1.29, 1.82) is 0 Å². The smallest absolute Gasteiger partial charge is 0.255 e. The molecule has 296 valence electrons. The molecule has 0 spiro atoms. The maximum absolute atomic E-state index is 12.7. The van der Waals surface area contributed by atoms with Gasteiger partial charge >= 0.3 is 0 Å². The van der Waals surface area contributed by atoms with Gasteiger partial charge in [0.25, 0.3) is 5.91 Å². The molecule has 13 heteroatoms. The van der Waals surface area contributed by atoms with Crippen LogP contribution >= 0.6 is 0 Å². The summed E-state index contributed by atoms with van der Waals surface area (Å²) in [6, 6.07) is 20.1. The van der Waals surface area contributed by atoms with E-state index in [0.717, 1.165) is 48.9 Å². The Morgan fingerprint density at radius 2 is 1.34 bits per heavy atom. The van der Waals surface area contributed by atoms with Crippen LogP contribution in [0.1, 0.15) is 82.0 Å². The number of nitrogens with one attached hydrogen (secondary N) is 2. The van der Waals surface area contributed by atoms with Crippen molar-refractivity contribution >= 4 is 11.6 Å². The van der Waals surface area contributed by atoms with Gasteiger partial charge in [-0.2, -0.15) is 0 Å². The molecule has 5 aromatic rings. The summed E-state index contributed by atoms with van der Waals surface area (Å²) in [5, 5.41) is 50.0. The Kier molecular flexibility index (Phi) is 13.5. The fourth-order valence-electron chi connectivity index (χ4n) is 6.82. The van der Waals surface area contributed by atoms with Crippen molar-refractivity contribution in [3.8, 4) is 45.6 Å². The van der Waals surface area contributed by atoms with Crippen molar-refractivity contribution < 1.29 is 48.7 Å². The van der Waals surface area contributed by atoms with Crippen LogP contribution in [0.25, 0.3) is 22.6 Å². The molecule has 0 bridgehead atoms. The number of carbonyl (C=O) groups is 1. The zero-order chi connectivity index (χ0) is 39.6. The number of rotatable bonds is 19. The fourth-order valence-corrected chi connectivity index (χ4v) is 6.82. The van der Waals surface area contributed by atoms with Gasteiger partial charge in [0, 0.05) is 28.4 Å². The third kappa shape index (κ3) is 9.09. The monoisotopic (exact) mass is 767 g/mol. The normalized spacial score (nSPS) is 13.5. The molecule has 4 aromatic carbocycles. The van der Waals surface area contributed by atoms with Crippen LogP contribution in [0, 0.1) is 6.92 Å². The standard InChI is InChI=1S/C43H49N3O10/c1-26-9-11-35-33(15-26)43(51)45-42(44-35)27-10-12-37(32(16-27)24-49)54-13-7-5-4-6-8-14-55-41-39(52-2)19-29(20-40(41)53-3)38-21-36(46-56-38)28-17-30(22-47)34(25-50)31(18-28)23-48/h9-12,15-21,42,44,47-50H,4-8,13-14,22-25H2,1-3H3,(H,45,51). The third-order valence-corrected chi connectivity index (χ3v) is 9.86. The number of unbranched alkanes of at least 4 members (excludes halogenated alkanes) is 4. The van der Waals surface area contributed by atoms with Crippen LogP contribution < -0.4 is 29.6 Å². The van der Waals surface area contributed by atoms with Gasteiger partial charge in [0.1, 0.15) is 17.6 Å². The highest BCUT2D eigenvalue weighted by Gasteiger charge is 2.25. The first-order chi connectivity index (χ1) is 27.3. The number of nitrogens with zero attached hydrogens (tertiary/aromatic N) is 1. The molecule has 6 N–H and O–H groups in total. The molecule has 0 aliphatic carbocycles. The number of aliphatic hydroxyl groups excluding tert-OH is 4. The van der Waals surface area contributed by atoms with Crippen LogP contribution in [0.4, 0.5) is 5.69 Å². The molecule has 0 radical (unpaired) electrons. The van der Waals surface area contributed by atoms with E-state index in [9.17, 15) is 25.2 Å². The summed E-state index contributed by atoms with van der Waals surface area (Å²) in [5.74, 6) is 2.37. The van der Waals surface area contributed by atoms with Gasteiger partial charge in [-0.1, -0.05) is 42.1 Å². The van der Waals surface area contributed by atoms with Crippen LogP contribution in [0.3, 0.4) is 0 Å². The van der Waals surface area contributed by atoms with Gasteiger partial charge < -0.3 is 54.5 Å². The minimum Gasteiger partial charge on any atom is -0.493 e. The highest BCUT2D eigenvalue weighted by molar-refractivity contribution is 6.01. The third-order valence-electron chi connectivity index (χ3n) is 9.86. The lowest BCUT2D eigenvalue weighted by molar-refractivity contribution is 0.0935. The average Bonchev–Trinajstić information content (AvgIpc) is 3.73. The maximum Gasteiger partial charge on any atom is 0.255 e. The van der Waals surface area contributed by atoms with Crippen LogP contribution in [-0.2, 0) is 26.4 Å². The van der Waals surface area contributed by atoms with Gasteiger partial charge in [0.05, 0.1) is 59.4 Å². The molecule has 1 amide bonds. The zero-order valence-corrected chi connectivity index (χ0v) is 31.9. The summed E-state index contributed by atoms with van der Waals surface area (Å²) >= 11 is 0. The van der Waals surface area contributed by atoms with E-state index in [4.69, 9.17) is 23.5 Å². The van der Waals surface area contributed by atoms with E-state index in [-0.39, 0.29) is 32.3 Å². The van der Waals surface area contributed by atoms with Crippen molar-refractivity contribution in [1.82, 2.24) is 10.5 Å². The number of amides is 1. The molecule has 56 heavy (non-hydrogen) atoms. The Hall–Kier alpha value is -5.60. The SMILES string of the molecule is COc1cc(-c2cc(-c3cc(CO)c(CO)c(CO)c3)no2)cc(OC)c1OCCCCCCCOc1ccc(C2NC(=O)c3cc(C)ccc3N2)cc1CO. The number of aryl methyl sites for hydroxylation is 1. The van der Waals surface area contributed by atoms with Crippen LogP contribution in [0.2, 0.25) is 0 Å². The van der Waals surface area contributed by atoms with E-state index in [1.165, 1.54) is 0 Å². The summed E-state index contributed by atoms with van der Waals surface area (Å²) in [4.78, 5) is 12.7. The second kappa shape index (κ2) is 18.8. The summed E-state index contributed by atoms with van der Waals surface area (Å²) in [7, 11) is 3.11. The number of benzene rings is 4. The van der Waals surface area contributed by atoms with E-state index in [1.807, 2.05) is 43.3 Å². The van der Waals surface area contributed by atoms with Gasteiger partial charge in [-0.3, -0.25) is 4.79 Å². The van der Waals surface area contributed by atoms with Gasteiger partial charge in [-0.25, -0.2) is 0 Å². The highest BCUT2D eigenvalue weighted by atomic mass is 16.5. The lowest BCUT2D eigenvalue weighted by atomic mass is 9.97. The zero-order valence-electron chi connectivity index (χ0n) is 31.9. The van der Waals surface area contributed by atoms with E-state index < -0.39 is 6.17 Å². The number of aromatic nitrogens is 1. The molecular weight excluding hydrogens is 718 g/mol. The molecule has 6 rings (SSSR count). The maximum atomic E-state index is 12.7. The first kappa shape index (κ1) is 40.1. The Bertz CT molecular complexity index is 2080. The second-order valence-corrected chi connectivity index (χ2v) is 13.6. The summed E-state index contributed by atoms with van der Waals surface area (Å²) in [6.45, 7) is 1.86. The van der Waals surface area contributed by atoms with Crippen molar-refractivity contribution in [2.75, 3.05) is 32.8 Å². The number of carbonyl (C=O) groups excluding carboxylic acids is 1. The van der Waals surface area contributed by atoms with Gasteiger partial charge in [-0.05, 0) is 90.6 Å². The Morgan fingerprint density at radius 3 is 1.98 bits per heavy atom. The van der Waals surface area contributed by atoms with Crippen LogP contribution in [-0.4, -0.2) is 58.9 Å². The Morgan fingerprint density at radius 1 is 0.679 bits per heavy atom. The Labute approximate surface area is 325 Å². The van der Waals surface area contributed by atoms with Gasteiger partial charge in [0.2, 0.25) is 5.75 Å². The highest BCUT2D eigenvalue weighted by Crippen LogP contribution is 2.42. The van der Waals surface area contributed by atoms with E-state index in [0.29, 0.717) is 86.6 Å². The number of hydrogen-bond donors (Lipinski definition) is 6. The molecule has 0 fully saturated rings. The predicted molar refractivity (Wildman–Crippen MR) is 210 cm³/mol. The van der Waals surface area contributed by atoms with Crippen molar-refractivity contribution in [2.24, 2.45) is 0 Å². The minimum absolute atomic E-state index is 0.139. The number of hydrogen-bond acceptors (Lipinski definition) is 12. The summed E-state index contributed by atoms with van der Waals surface area (Å²) in [5.41, 5.74) is 7.17. The fraction of sp³-hybridized carbons (Fsp3) is 0.349. The largest absolute Gasteiger partial charge is 0.493 e. The molecule has 1 aromatic heterocycles. The van der Waals surface area contributed by atoms with Crippen molar-refractivity contribution in [2.45, 2.75) is 71.6 Å². The quantitative estimate of drug-likeness (QED) is 0.0498. The number of aliphatic hydroxyl groups is 4. The molecule has 1 atom stereocenters. The Balaban J connectivity index is 0.964. The molecule has 1 aliphatic heterocycles. The molecule has 0 saturated carbocycles. The molecule has 13 nitrogen and oxygen atoms in total. The van der Waals surface area contributed by atoms with E-state index >= 15 is 0 Å². The number of methoxy groups -OCH3 is 2. The lowest BCUT2D eigenvalue weighted by Gasteiger charge is -2.29. The topological polar surface area (TPSA) is 185 Å². The number of ether oxygens (including phenoxy) is 4. The minimum atomic E-state index is -0.412. The first-order valence-electron chi connectivity index (χ1n) is 18.7. The molecule has 2 heterocycles. The lowest BCUT2D eigenvalue weighted by Crippen LogP contribution is -2.38. The van der Waals surface area contributed by atoms with Crippen LogP contribution in [0.5, 0.6) is 23.0 Å². The van der Waals surface area contributed by atoms with Crippen molar-refractivity contribution in [3.05, 3.63) is 106 Å². The number of fused-ring (bicyclic) bond motifs is 1. The van der Waals surface area contributed by atoms with E-state index in [1.54, 1.807) is 44.6 Å². The van der Waals surface area contributed by atoms with Crippen LogP contribution in [0.15, 0.2) is 71.3 Å². The average molecular weight is 768 g/mol. The van der Waals surface area contributed by atoms with E-state index in [2.05, 4.69) is 15.8 Å². The molecule has 1 unspecified atom stereocenters. The summed E-state index contributed by atoms with van der Waals surface area (Å²) < 4.78 is 29.2. The second-order valence-electron chi connectivity index (χ2n) is 13.6. The first-order valence-corrected chi connectivity index (χ1v) is 18.7. The summed E-state index contributed by atoms with van der Waals surface area (Å²) in [6.07, 6.45) is 4.19. The number of anilines is 1. The predicted octanol–water partition coefficient (Wildman–Crippen LogP) is 6.57. The van der Waals surface area contributed by atoms with Crippen molar-refractivity contribution in [3.63, 3.8) is 0 Å². The molecule has 1 aliphatic rings. The molecular formula is C43H49N3O10. The van der Waals surface area contributed by atoms with Gasteiger partial charge in [0.15, 0.2) is 17.3 Å².